The van der Waals surface area contributed by atoms with Crippen molar-refractivity contribution in [3.05, 3.63) is 46.7 Å². The highest BCUT2D eigenvalue weighted by atomic mass is 32.1. The summed E-state index contributed by atoms with van der Waals surface area (Å²) in [6, 6.07) is 5.45. The third-order valence-corrected chi connectivity index (χ3v) is 4.59. The largest absolute Gasteiger partial charge is 0.505 e. The topological polar surface area (TPSA) is 51.5 Å². The predicted octanol–water partition coefficient (Wildman–Crippen LogP) is 5.08. The molecule has 1 aromatic carbocycles. The van der Waals surface area contributed by atoms with E-state index >= 15 is 0 Å². The highest BCUT2D eigenvalue weighted by Gasteiger charge is 2.61. The molecule has 0 spiro atoms. The lowest BCUT2D eigenvalue weighted by Crippen LogP contribution is -2.41. The molecule has 144 valence electrons. The van der Waals surface area contributed by atoms with Crippen molar-refractivity contribution in [3.63, 3.8) is 0 Å². The average molecular weight is 409 g/mol. The van der Waals surface area contributed by atoms with E-state index in [0.29, 0.717) is 11.3 Å². The van der Waals surface area contributed by atoms with Gasteiger partial charge in [0.2, 0.25) is 0 Å². The Kier molecular flexibility index (Phi) is 4.37. The second-order valence-corrected chi connectivity index (χ2v) is 6.54. The molecule has 0 aliphatic rings. The van der Waals surface area contributed by atoms with Crippen LogP contribution in [-0.4, -0.2) is 27.9 Å². The van der Waals surface area contributed by atoms with Crippen LogP contribution in [0.3, 0.4) is 0 Å². The summed E-state index contributed by atoms with van der Waals surface area (Å²) in [6.45, 7) is 1.47. The van der Waals surface area contributed by atoms with Gasteiger partial charge in [0.15, 0.2) is 16.6 Å². The zero-order valence-electron chi connectivity index (χ0n) is 13.3. The highest BCUT2D eigenvalue weighted by molar-refractivity contribution is 7.15. The van der Waals surface area contributed by atoms with Crippen molar-refractivity contribution in [1.82, 2.24) is 4.57 Å². The molecule has 0 aliphatic carbocycles. The molecule has 1 N–H and O–H groups in total. The molecule has 2 heterocycles. The summed E-state index contributed by atoms with van der Waals surface area (Å²) in [5.74, 6) is -2.33. The first-order valence-electron chi connectivity index (χ1n) is 7.20. The molecule has 0 radical (unpaired) electrons. The number of phenolic OH excluding ortho intramolecular Hbond substituents is 1. The molecule has 11 heteroatoms. The first kappa shape index (κ1) is 19.1. The van der Waals surface area contributed by atoms with Crippen LogP contribution in [0.25, 0.3) is 10.9 Å². The van der Waals surface area contributed by atoms with Crippen molar-refractivity contribution in [3.8, 4) is 10.8 Å². The first-order chi connectivity index (χ1) is 12.4. The van der Waals surface area contributed by atoms with Crippen molar-refractivity contribution < 1.29 is 41.0 Å². The molecule has 4 nitrogen and oxygen atoms in total. The number of aromatic hydroxyl groups is 1. The maximum absolute atomic E-state index is 14.0. The Morgan fingerprint density at radius 2 is 1.81 bits per heavy atom. The van der Waals surface area contributed by atoms with Gasteiger partial charge in [-0.3, -0.25) is 9.36 Å². The first-order valence-corrected chi connectivity index (χ1v) is 8.01. The summed E-state index contributed by atoms with van der Waals surface area (Å²) in [5.41, 5.74) is 0.375. The van der Waals surface area contributed by atoms with E-state index in [1.807, 2.05) is 0 Å². The normalized spacial score (nSPS) is 12.6. The van der Waals surface area contributed by atoms with E-state index in [0.717, 1.165) is 22.8 Å². The molecule has 0 saturated carbocycles. The van der Waals surface area contributed by atoms with E-state index in [2.05, 4.69) is 4.74 Å². The number of halogens is 6. The molecule has 3 aromatic rings. The summed E-state index contributed by atoms with van der Waals surface area (Å²) in [7, 11) is 0. The van der Waals surface area contributed by atoms with Gasteiger partial charge < -0.3 is 9.84 Å². The summed E-state index contributed by atoms with van der Waals surface area (Å²) in [4.78, 5) is 12.4. The number of aryl methyl sites for hydroxylation is 1. The van der Waals surface area contributed by atoms with Crippen LogP contribution < -0.4 is 4.74 Å². The van der Waals surface area contributed by atoms with Crippen molar-refractivity contribution >= 4 is 28.1 Å². The van der Waals surface area contributed by atoms with E-state index in [-0.39, 0.29) is 21.5 Å². The fourth-order valence-electron chi connectivity index (χ4n) is 2.42. The number of alkyl halides is 5. The molecule has 3 rings (SSSR count). The van der Waals surface area contributed by atoms with Crippen molar-refractivity contribution in [2.24, 2.45) is 0 Å². The lowest BCUT2D eigenvalue weighted by atomic mass is 10.2. The van der Waals surface area contributed by atoms with Crippen molar-refractivity contribution in [2.45, 2.75) is 19.2 Å². The molecular formula is C16H9F6NO3S. The van der Waals surface area contributed by atoms with Gasteiger partial charge in [-0.1, -0.05) is 11.3 Å². The van der Waals surface area contributed by atoms with Gasteiger partial charge in [0.1, 0.15) is 0 Å². The Morgan fingerprint density at radius 3 is 2.44 bits per heavy atom. The standard InChI is InChI=1S/C16H9F6NO3S/c1-7-6-8-9(2-3-10(24)13(8)17)23(7)14(25)11-4-5-12(27-11)26-16(21,22)15(18,19)20/h2-6,24H,1H3. The zero-order valence-corrected chi connectivity index (χ0v) is 14.1. The van der Waals surface area contributed by atoms with E-state index in [4.69, 9.17) is 0 Å². The molecular weight excluding hydrogens is 400 g/mol. The number of thiophene rings is 1. The van der Waals surface area contributed by atoms with Gasteiger partial charge in [0.25, 0.3) is 5.91 Å². The number of hydrogen-bond acceptors (Lipinski definition) is 4. The number of phenols is 1. The second-order valence-electron chi connectivity index (χ2n) is 5.49. The number of fused-ring (bicyclic) bond motifs is 1. The van der Waals surface area contributed by atoms with Crippen LogP contribution in [0.1, 0.15) is 15.4 Å². The molecule has 0 aliphatic heterocycles. The van der Waals surface area contributed by atoms with Crippen LogP contribution in [0.15, 0.2) is 30.3 Å². The number of carbonyl (C=O) groups is 1. The Morgan fingerprint density at radius 1 is 1.15 bits per heavy atom. The Balaban J connectivity index is 1.97. The number of hydrogen-bond donors (Lipinski definition) is 1. The van der Waals surface area contributed by atoms with Crippen molar-refractivity contribution in [1.29, 1.82) is 0 Å². The smallest absolute Gasteiger partial charge is 0.499 e. The molecule has 0 atom stereocenters. The van der Waals surface area contributed by atoms with Gasteiger partial charge in [0, 0.05) is 11.1 Å². The number of ether oxygens (including phenoxy) is 1. The van der Waals surface area contributed by atoms with Crippen LogP contribution in [0, 0.1) is 12.7 Å². The van der Waals surface area contributed by atoms with E-state index in [9.17, 15) is 36.2 Å². The molecule has 0 saturated heterocycles. The minimum Gasteiger partial charge on any atom is -0.505 e. The SMILES string of the molecule is Cc1cc2c(F)c(O)ccc2n1C(=O)c1ccc(OC(F)(F)C(F)(F)F)s1. The Labute approximate surface area is 151 Å². The van der Waals surface area contributed by atoms with E-state index < -0.39 is 34.8 Å². The molecule has 0 fully saturated rings. The minimum atomic E-state index is -5.91. The summed E-state index contributed by atoms with van der Waals surface area (Å²) in [6.07, 6.45) is -11.3. The molecule has 0 bridgehead atoms. The number of carbonyl (C=O) groups excluding carboxylic acids is 1. The van der Waals surface area contributed by atoms with Crippen molar-refractivity contribution in [2.75, 3.05) is 0 Å². The number of rotatable bonds is 3. The van der Waals surface area contributed by atoms with Gasteiger partial charge in [-0.15, -0.1) is 0 Å². The van der Waals surface area contributed by atoms with E-state index in [1.165, 1.54) is 19.1 Å². The number of benzene rings is 1. The van der Waals surface area contributed by atoms with Gasteiger partial charge in [-0.05, 0) is 37.3 Å². The lowest BCUT2D eigenvalue weighted by Gasteiger charge is -2.18. The third kappa shape index (κ3) is 3.22. The van der Waals surface area contributed by atoms with Gasteiger partial charge in [-0.2, -0.15) is 22.0 Å². The lowest BCUT2D eigenvalue weighted by molar-refractivity contribution is -0.359. The molecule has 27 heavy (non-hydrogen) atoms. The number of nitrogens with zero attached hydrogens (tertiary/aromatic N) is 1. The van der Waals surface area contributed by atoms with Gasteiger partial charge in [-0.25, -0.2) is 4.39 Å². The average Bonchev–Trinajstić information content (AvgIpc) is 3.13. The summed E-state index contributed by atoms with van der Waals surface area (Å²) >= 11 is 0.291. The Bertz CT molecular complexity index is 1040. The van der Waals surface area contributed by atoms with Crippen LogP contribution in [0.2, 0.25) is 0 Å². The summed E-state index contributed by atoms with van der Waals surface area (Å²) < 4.78 is 81.2. The monoisotopic (exact) mass is 409 g/mol. The van der Waals surface area contributed by atoms with Crippen LogP contribution in [0.5, 0.6) is 10.8 Å². The van der Waals surface area contributed by atoms with Gasteiger partial charge >= 0.3 is 12.3 Å². The third-order valence-electron chi connectivity index (χ3n) is 3.64. The minimum absolute atomic E-state index is 0.0440. The van der Waals surface area contributed by atoms with Crippen LogP contribution in [0.4, 0.5) is 26.3 Å². The van der Waals surface area contributed by atoms with Gasteiger partial charge in [0.05, 0.1) is 10.4 Å². The predicted molar refractivity (Wildman–Crippen MR) is 84.0 cm³/mol. The van der Waals surface area contributed by atoms with Crippen LogP contribution >= 0.6 is 11.3 Å². The molecule has 0 amide bonds. The zero-order chi connectivity index (χ0) is 20.1. The Hall–Kier alpha value is -2.69. The second kappa shape index (κ2) is 6.19. The maximum atomic E-state index is 14.0. The molecule has 0 unspecified atom stereocenters. The number of aromatic nitrogens is 1. The van der Waals surface area contributed by atoms with E-state index in [1.54, 1.807) is 0 Å². The molecule has 2 aromatic heterocycles. The highest BCUT2D eigenvalue weighted by Crippen LogP contribution is 2.39. The fraction of sp³-hybridized carbons (Fsp3) is 0.188. The quantitative estimate of drug-likeness (QED) is 0.614. The maximum Gasteiger partial charge on any atom is 0.499 e. The fourth-order valence-corrected chi connectivity index (χ4v) is 3.23. The van der Waals surface area contributed by atoms with Crippen LogP contribution in [-0.2, 0) is 0 Å². The summed E-state index contributed by atoms with van der Waals surface area (Å²) in [5, 5.41) is 8.55.